The summed E-state index contributed by atoms with van der Waals surface area (Å²) in [5.74, 6) is 0.986. The number of nitrogens with two attached hydrogens (primary N) is 1. The lowest BCUT2D eigenvalue weighted by atomic mass is 9.94. The predicted octanol–water partition coefficient (Wildman–Crippen LogP) is 2.36. The maximum atomic E-state index is 12.2. The molecule has 1 atom stereocenters. The average molecular weight is 277 g/mol. The van der Waals surface area contributed by atoms with Crippen molar-refractivity contribution in [3.8, 4) is 0 Å². The van der Waals surface area contributed by atoms with Crippen LogP contribution in [-0.2, 0) is 11.3 Å². The number of carbonyl (C=O) groups is 1. The van der Waals surface area contributed by atoms with E-state index in [2.05, 4.69) is 18.8 Å². The third-order valence-electron chi connectivity index (χ3n) is 3.37. The highest BCUT2D eigenvalue weighted by Crippen LogP contribution is 2.16. The van der Waals surface area contributed by atoms with Gasteiger partial charge in [-0.25, -0.2) is 0 Å². The lowest BCUT2D eigenvalue weighted by Gasteiger charge is -2.21. The van der Waals surface area contributed by atoms with E-state index in [-0.39, 0.29) is 11.8 Å². The molecule has 0 fully saturated rings. The molecule has 0 saturated heterocycles. The van der Waals surface area contributed by atoms with Gasteiger partial charge in [0.15, 0.2) is 0 Å². The summed E-state index contributed by atoms with van der Waals surface area (Å²) in [4.78, 5) is 18.4. The van der Waals surface area contributed by atoms with E-state index in [9.17, 15) is 4.79 Å². The van der Waals surface area contributed by atoms with Gasteiger partial charge in [0.1, 0.15) is 0 Å². The van der Waals surface area contributed by atoms with E-state index in [1.807, 2.05) is 32.2 Å². The van der Waals surface area contributed by atoms with E-state index < -0.39 is 0 Å². The van der Waals surface area contributed by atoms with Crippen molar-refractivity contribution in [1.29, 1.82) is 0 Å². The zero-order chi connectivity index (χ0) is 15.1. The van der Waals surface area contributed by atoms with Gasteiger partial charge in [-0.2, -0.15) is 0 Å². The van der Waals surface area contributed by atoms with Gasteiger partial charge in [0, 0.05) is 19.2 Å². The molecule has 0 saturated carbocycles. The molecular formula is C16H27N3O. The standard InChI is InChI=1S/C16H27N3O/c1-12(2)8-14(10-17)9-16(20)19(4)11-15-7-5-6-13(3)18-15/h5-7,12,14H,8-11,17H2,1-4H3/t14-/m0/s1. The van der Waals surface area contributed by atoms with Crippen molar-refractivity contribution >= 4 is 5.91 Å². The number of nitrogens with zero attached hydrogens (tertiary/aromatic N) is 2. The Morgan fingerprint density at radius 2 is 2.10 bits per heavy atom. The number of rotatable bonds is 7. The molecule has 1 rings (SSSR count). The minimum atomic E-state index is 0.143. The first-order chi connectivity index (χ1) is 9.42. The Bertz CT molecular complexity index is 431. The van der Waals surface area contributed by atoms with Crippen molar-refractivity contribution in [1.82, 2.24) is 9.88 Å². The summed E-state index contributed by atoms with van der Waals surface area (Å²) in [7, 11) is 1.83. The van der Waals surface area contributed by atoms with Crippen molar-refractivity contribution < 1.29 is 4.79 Å². The Labute approximate surface area is 122 Å². The van der Waals surface area contributed by atoms with Crippen molar-refractivity contribution in [3.63, 3.8) is 0 Å². The first-order valence-electron chi connectivity index (χ1n) is 7.29. The Kier molecular flexibility index (Phi) is 6.65. The summed E-state index contributed by atoms with van der Waals surface area (Å²) in [5, 5.41) is 0. The number of carbonyl (C=O) groups excluding carboxylic acids is 1. The molecule has 112 valence electrons. The maximum absolute atomic E-state index is 12.2. The second-order valence-electron chi connectivity index (χ2n) is 5.96. The van der Waals surface area contributed by atoms with Crippen LogP contribution >= 0.6 is 0 Å². The Balaban J connectivity index is 2.54. The summed E-state index contributed by atoms with van der Waals surface area (Å²) < 4.78 is 0. The molecule has 0 unspecified atom stereocenters. The van der Waals surface area contributed by atoms with Crippen molar-refractivity contribution in [2.45, 2.75) is 40.2 Å². The molecule has 1 aromatic heterocycles. The van der Waals surface area contributed by atoms with Crippen LogP contribution < -0.4 is 5.73 Å². The summed E-state index contributed by atoms with van der Waals surface area (Å²) >= 11 is 0. The van der Waals surface area contributed by atoms with Crippen molar-refractivity contribution in [2.24, 2.45) is 17.6 Å². The first-order valence-corrected chi connectivity index (χ1v) is 7.29. The predicted molar refractivity (Wildman–Crippen MR) is 82.1 cm³/mol. The molecule has 1 heterocycles. The molecule has 0 bridgehead atoms. The number of pyridine rings is 1. The summed E-state index contributed by atoms with van der Waals surface area (Å²) in [6.45, 7) is 7.40. The molecule has 2 N–H and O–H groups in total. The van der Waals surface area contributed by atoms with Gasteiger partial charge in [-0.1, -0.05) is 19.9 Å². The van der Waals surface area contributed by atoms with E-state index in [1.165, 1.54) is 0 Å². The molecule has 0 aliphatic rings. The van der Waals surface area contributed by atoms with Gasteiger partial charge in [-0.15, -0.1) is 0 Å². The average Bonchev–Trinajstić information content (AvgIpc) is 2.37. The number of aromatic nitrogens is 1. The molecule has 0 aromatic carbocycles. The highest BCUT2D eigenvalue weighted by atomic mass is 16.2. The number of hydrogen-bond acceptors (Lipinski definition) is 3. The van der Waals surface area contributed by atoms with Crippen LogP contribution in [0, 0.1) is 18.8 Å². The molecule has 0 aliphatic carbocycles. The van der Waals surface area contributed by atoms with Gasteiger partial charge < -0.3 is 10.6 Å². The SMILES string of the molecule is Cc1cccc(CN(C)C(=O)C[C@@H](CN)CC(C)C)n1. The third-order valence-corrected chi connectivity index (χ3v) is 3.37. The Morgan fingerprint density at radius 1 is 1.40 bits per heavy atom. The lowest BCUT2D eigenvalue weighted by molar-refractivity contribution is -0.131. The molecule has 0 spiro atoms. The monoisotopic (exact) mass is 277 g/mol. The fourth-order valence-corrected chi connectivity index (χ4v) is 2.35. The van der Waals surface area contributed by atoms with E-state index in [1.54, 1.807) is 4.90 Å². The largest absolute Gasteiger partial charge is 0.340 e. The van der Waals surface area contributed by atoms with Gasteiger partial charge >= 0.3 is 0 Å². The van der Waals surface area contributed by atoms with Crippen molar-refractivity contribution in [3.05, 3.63) is 29.6 Å². The van der Waals surface area contributed by atoms with E-state index in [0.29, 0.717) is 25.4 Å². The van der Waals surface area contributed by atoms with Crippen LogP contribution in [0.5, 0.6) is 0 Å². The van der Waals surface area contributed by atoms with E-state index >= 15 is 0 Å². The molecular weight excluding hydrogens is 250 g/mol. The van der Waals surface area contributed by atoms with Crippen LogP contribution in [0.1, 0.15) is 38.1 Å². The smallest absolute Gasteiger partial charge is 0.222 e. The fourth-order valence-electron chi connectivity index (χ4n) is 2.35. The van der Waals surface area contributed by atoms with Crippen molar-refractivity contribution in [2.75, 3.05) is 13.6 Å². The number of hydrogen-bond donors (Lipinski definition) is 1. The molecule has 20 heavy (non-hydrogen) atoms. The topological polar surface area (TPSA) is 59.2 Å². The molecule has 1 aromatic rings. The summed E-state index contributed by atoms with van der Waals surface area (Å²) in [6.07, 6.45) is 1.52. The second-order valence-corrected chi connectivity index (χ2v) is 5.96. The van der Waals surface area contributed by atoms with Gasteiger partial charge in [0.25, 0.3) is 0 Å². The van der Waals surface area contributed by atoms with Gasteiger partial charge in [-0.3, -0.25) is 9.78 Å². The number of aryl methyl sites for hydroxylation is 1. The minimum Gasteiger partial charge on any atom is -0.340 e. The summed E-state index contributed by atoms with van der Waals surface area (Å²) in [6, 6.07) is 5.88. The minimum absolute atomic E-state index is 0.143. The highest BCUT2D eigenvalue weighted by Gasteiger charge is 2.17. The van der Waals surface area contributed by atoms with E-state index in [4.69, 9.17) is 5.73 Å². The lowest BCUT2D eigenvalue weighted by Crippen LogP contribution is -2.30. The normalized spacial score (nSPS) is 12.5. The fraction of sp³-hybridized carbons (Fsp3) is 0.625. The van der Waals surface area contributed by atoms with Crippen LogP contribution in [0.25, 0.3) is 0 Å². The molecule has 4 nitrogen and oxygen atoms in total. The zero-order valence-corrected chi connectivity index (χ0v) is 13.1. The molecule has 0 radical (unpaired) electrons. The van der Waals surface area contributed by atoms with Crippen LogP contribution in [0.4, 0.5) is 0 Å². The van der Waals surface area contributed by atoms with Gasteiger partial charge in [0.2, 0.25) is 5.91 Å². The van der Waals surface area contributed by atoms with Gasteiger partial charge in [-0.05, 0) is 43.9 Å². The van der Waals surface area contributed by atoms with Crippen LogP contribution in [-0.4, -0.2) is 29.4 Å². The first kappa shape index (κ1) is 16.6. The highest BCUT2D eigenvalue weighted by molar-refractivity contribution is 5.76. The van der Waals surface area contributed by atoms with Crippen LogP contribution in [0.3, 0.4) is 0 Å². The zero-order valence-electron chi connectivity index (χ0n) is 13.1. The van der Waals surface area contributed by atoms with Crippen LogP contribution in [0.15, 0.2) is 18.2 Å². The Hall–Kier alpha value is -1.42. The molecule has 1 amide bonds. The van der Waals surface area contributed by atoms with Gasteiger partial charge in [0.05, 0.1) is 12.2 Å². The van der Waals surface area contributed by atoms with Crippen LogP contribution in [0.2, 0.25) is 0 Å². The second kappa shape index (κ2) is 8.00. The number of amides is 1. The molecule has 4 heteroatoms. The quantitative estimate of drug-likeness (QED) is 0.832. The van der Waals surface area contributed by atoms with E-state index in [0.717, 1.165) is 17.8 Å². The summed E-state index contributed by atoms with van der Waals surface area (Å²) in [5.41, 5.74) is 7.66. The maximum Gasteiger partial charge on any atom is 0.222 e. The third kappa shape index (κ3) is 5.70. The Morgan fingerprint density at radius 3 is 2.65 bits per heavy atom. The molecule has 0 aliphatic heterocycles.